The lowest BCUT2D eigenvalue weighted by atomic mass is 10.2. The van der Waals surface area contributed by atoms with Crippen LogP contribution in [0.25, 0.3) is 0 Å². The van der Waals surface area contributed by atoms with Crippen molar-refractivity contribution >= 4 is 88.0 Å². The van der Waals surface area contributed by atoms with Gasteiger partial charge in [0.15, 0.2) is 0 Å². The molecule has 0 spiro atoms. The molecule has 0 aromatic heterocycles. The third-order valence-corrected chi connectivity index (χ3v) is 6.49. The first-order chi connectivity index (χ1) is 29.9. The SMILES string of the molecule is C.C(=Nc1ccccc1)=Nc1cccc(NC=Nc2ccccc2)c1.C=C=NC.CC.CC.CC.CN=C=O.Cc1ccc(N=C=Nc2ccc(C)c(N=C=O)c2)cc1N=C=O. The number of isocyanates is 3. The third-order valence-electron chi connectivity index (χ3n) is 6.49. The fourth-order valence-electron chi connectivity index (χ4n) is 3.82. The van der Waals surface area contributed by atoms with Crippen molar-refractivity contribution in [2.75, 3.05) is 19.4 Å². The van der Waals surface area contributed by atoms with E-state index in [4.69, 9.17) is 4.79 Å². The molecule has 5 rings (SSSR count). The Kier molecular flexibility index (Phi) is 38.6. The van der Waals surface area contributed by atoms with Gasteiger partial charge in [-0.3, -0.25) is 0 Å². The number of aryl methyl sites for hydroxylation is 2. The Labute approximate surface area is 367 Å². The van der Waals surface area contributed by atoms with Crippen molar-refractivity contribution in [3.05, 3.63) is 139 Å². The number of hydrogen-bond acceptors (Lipinski definition) is 12. The van der Waals surface area contributed by atoms with Gasteiger partial charge in [-0.05, 0) is 104 Å². The van der Waals surface area contributed by atoms with Crippen LogP contribution in [0.5, 0.6) is 0 Å². The predicted molar refractivity (Wildman–Crippen MR) is 261 cm³/mol. The highest BCUT2D eigenvalue weighted by molar-refractivity contribution is 5.79. The van der Waals surface area contributed by atoms with Crippen LogP contribution in [0, 0.1) is 13.8 Å². The number of nitrogens with zero attached hydrogens (tertiary/aromatic N) is 9. The smallest absolute Gasteiger partial charge is 0.240 e. The molecule has 1 N–H and O–H groups in total. The molecule has 13 nitrogen and oxygen atoms in total. The minimum Gasteiger partial charge on any atom is -0.346 e. The van der Waals surface area contributed by atoms with Crippen molar-refractivity contribution in [3.63, 3.8) is 0 Å². The summed E-state index contributed by atoms with van der Waals surface area (Å²) in [5.41, 5.74) is 7.21. The number of anilines is 1. The maximum absolute atomic E-state index is 10.4. The Balaban J connectivity index is -0.000000857. The van der Waals surface area contributed by atoms with Crippen LogP contribution in [0.15, 0.2) is 173 Å². The van der Waals surface area contributed by atoms with Crippen LogP contribution in [0.2, 0.25) is 0 Å². The normalized spacial score (nSPS) is 8.16. The Hall–Kier alpha value is -8.08. The third kappa shape index (κ3) is 27.5. The molecule has 0 saturated carbocycles. The number of benzene rings is 5. The molecule has 322 valence electrons. The number of rotatable bonds is 9. The first-order valence-corrected chi connectivity index (χ1v) is 19.1. The molecule has 0 saturated heterocycles. The fraction of sp³-hybridized carbons (Fsp3) is 0.224. The lowest BCUT2D eigenvalue weighted by molar-refractivity contribution is 0.564. The maximum atomic E-state index is 10.4. The van der Waals surface area contributed by atoms with Crippen molar-refractivity contribution in [3.8, 4) is 0 Å². The molecule has 0 aliphatic carbocycles. The van der Waals surface area contributed by atoms with E-state index in [1.54, 1.807) is 49.8 Å². The summed E-state index contributed by atoms with van der Waals surface area (Å²) < 4.78 is 0. The summed E-state index contributed by atoms with van der Waals surface area (Å²) in [7, 11) is 3.01. The molecular weight excluding hydrogens is 777 g/mol. The molecule has 13 heteroatoms. The quantitative estimate of drug-likeness (QED) is 0.0884. The summed E-state index contributed by atoms with van der Waals surface area (Å²) in [5.74, 6) is 2.31. The van der Waals surface area contributed by atoms with Gasteiger partial charge in [-0.2, -0.15) is 30.0 Å². The van der Waals surface area contributed by atoms with E-state index in [1.807, 2.05) is 140 Å². The summed E-state index contributed by atoms with van der Waals surface area (Å²) in [5, 5.41) is 3.13. The first kappa shape index (κ1) is 58.2. The molecule has 0 unspecified atom stereocenters. The lowest BCUT2D eigenvalue weighted by Crippen LogP contribution is -1.93. The van der Waals surface area contributed by atoms with Crippen LogP contribution in [-0.4, -0.2) is 56.6 Å². The predicted octanol–water partition coefficient (Wildman–Crippen LogP) is 14.1. The lowest BCUT2D eigenvalue weighted by Gasteiger charge is -2.00. The summed E-state index contributed by atoms with van der Waals surface area (Å²) >= 11 is 0. The number of nitrogens with one attached hydrogen (secondary N) is 1. The van der Waals surface area contributed by atoms with Crippen molar-refractivity contribution in [2.24, 2.45) is 44.9 Å². The summed E-state index contributed by atoms with van der Waals surface area (Å²) in [6, 6.07) is 42.7. The van der Waals surface area contributed by atoms with Gasteiger partial charge in [-0.1, -0.05) is 104 Å². The van der Waals surface area contributed by atoms with Gasteiger partial charge in [-0.15, -0.1) is 0 Å². The van der Waals surface area contributed by atoms with Gasteiger partial charge in [0.25, 0.3) is 0 Å². The number of para-hydroxylation sites is 2. The van der Waals surface area contributed by atoms with E-state index >= 15 is 0 Å². The molecule has 0 bridgehead atoms. The van der Waals surface area contributed by atoms with Crippen molar-refractivity contribution in [1.29, 1.82) is 0 Å². The molecule has 5 aromatic carbocycles. The largest absolute Gasteiger partial charge is 0.346 e. The van der Waals surface area contributed by atoms with E-state index in [-0.39, 0.29) is 7.43 Å². The van der Waals surface area contributed by atoms with Crippen LogP contribution in [0.4, 0.5) is 45.5 Å². The molecule has 0 fully saturated rings. The average molecular weight is 835 g/mol. The highest BCUT2D eigenvalue weighted by Gasteiger charge is 1.99. The van der Waals surface area contributed by atoms with Gasteiger partial charge in [0, 0.05) is 19.8 Å². The number of hydrogen-bond donors (Lipinski definition) is 1. The van der Waals surface area contributed by atoms with Crippen LogP contribution in [0.1, 0.15) is 60.1 Å². The zero-order chi connectivity index (χ0) is 45.9. The second kappa shape index (κ2) is 41.1. The zero-order valence-electron chi connectivity index (χ0n) is 36.6. The standard InChI is InChI=1S/C20H16N4.C17H12N4O2.C3H5N.C2H3NO.3C2H6.CH4/c1-3-8-17(9-4-1)21-15-23-19-12-7-13-20(14-19)24-16-22-18-10-5-2-6-11-18;1-12-3-5-14(7-16(12)20-10-22)18-9-19-15-6-4-13(2)17(8-15)21-11-23;1-3-4-2;1-3-2-4;3*1-2;/h1-15H,(H,21,23);3-8H,1-2H3;1H2,2H3;1H3;3*1-2H3;1H4. The number of carbonyl (C=O) groups excluding carboxylic acids is 3. The van der Waals surface area contributed by atoms with E-state index in [0.717, 1.165) is 33.9 Å². The summed E-state index contributed by atoms with van der Waals surface area (Å²) in [6.45, 7) is 18.9. The van der Waals surface area contributed by atoms with Gasteiger partial charge in [0.2, 0.25) is 18.2 Å². The Morgan fingerprint density at radius 1 is 0.484 bits per heavy atom. The van der Waals surface area contributed by atoms with Gasteiger partial charge in [-0.25, -0.2) is 29.4 Å². The van der Waals surface area contributed by atoms with Crippen molar-refractivity contribution in [2.45, 2.75) is 62.8 Å². The molecule has 0 amide bonds. The minimum absolute atomic E-state index is 0. The topological polar surface area (TPSA) is 174 Å². The van der Waals surface area contributed by atoms with Gasteiger partial charge in [0.1, 0.15) is 12.0 Å². The van der Waals surface area contributed by atoms with E-state index in [9.17, 15) is 9.59 Å². The van der Waals surface area contributed by atoms with E-state index in [0.29, 0.717) is 22.7 Å². The Morgan fingerprint density at radius 2 is 0.871 bits per heavy atom. The van der Waals surface area contributed by atoms with Crippen LogP contribution in [0.3, 0.4) is 0 Å². The molecule has 0 atom stereocenters. The van der Waals surface area contributed by atoms with Crippen LogP contribution >= 0.6 is 0 Å². The van der Waals surface area contributed by atoms with Crippen LogP contribution in [-0.2, 0) is 14.4 Å². The fourth-order valence-corrected chi connectivity index (χ4v) is 3.82. The van der Waals surface area contributed by atoms with Gasteiger partial charge in [0.05, 0.1) is 46.2 Å². The highest BCUT2D eigenvalue weighted by atomic mass is 16.1. The van der Waals surface area contributed by atoms with Gasteiger partial charge < -0.3 is 5.32 Å². The summed E-state index contributed by atoms with van der Waals surface area (Å²) in [6.07, 6.45) is 5.98. The molecule has 0 aliphatic rings. The second-order valence-corrected chi connectivity index (χ2v) is 10.3. The second-order valence-electron chi connectivity index (χ2n) is 10.3. The van der Waals surface area contributed by atoms with Gasteiger partial charge >= 0.3 is 0 Å². The molecule has 62 heavy (non-hydrogen) atoms. The van der Waals surface area contributed by atoms with E-state index in [2.05, 4.69) is 74.7 Å². The highest BCUT2D eigenvalue weighted by Crippen LogP contribution is 2.26. The maximum Gasteiger partial charge on any atom is 0.240 e. The van der Waals surface area contributed by atoms with E-state index in [1.165, 1.54) is 25.3 Å². The average Bonchev–Trinajstić information content (AvgIpc) is 3.32. The molecule has 0 aliphatic heterocycles. The van der Waals surface area contributed by atoms with E-state index < -0.39 is 0 Å². The van der Waals surface area contributed by atoms with Crippen LogP contribution < -0.4 is 5.32 Å². The Morgan fingerprint density at radius 3 is 1.27 bits per heavy atom. The Bertz CT molecular complexity index is 2250. The number of aliphatic imine (C=N–C) groups is 9. The first-order valence-electron chi connectivity index (χ1n) is 19.1. The molecule has 5 aromatic rings. The minimum atomic E-state index is 0. The molecule has 0 heterocycles. The molecular formula is C49H58N10O3. The monoisotopic (exact) mass is 834 g/mol. The summed E-state index contributed by atoms with van der Waals surface area (Å²) in [4.78, 5) is 64.0. The van der Waals surface area contributed by atoms with Crippen molar-refractivity contribution in [1.82, 2.24) is 0 Å². The zero-order valence-corrected chi connectivity index (χ0v) is 36.6. The molecule has 0 radical (unpaired) electrons. The van der Waals surface area contributed by atoms with Crippen molar-refractivity contribution < 1.29 is 14.4 Å².